The van der Waals surface area contributed by atoms with Crippen molar-refractivity contribution in [1.29, 1.82) is 0 Å². The van der Waals surface area contributed by atoms with Crippen molar-refractivity contribution in [2.24, 2.45) is 17.8 Å². The fourth-order valence-corrected chi connectivity index (χ4v) is 3.59. The third kappa shape index (κ3) is 2.32. The maximum atomic E-state index is 11.9. The summed E-state index contributed by atoms with van der Waals surface area (Å²) in [6.45, 7) is 5.78. The molecule has 4 unspecified atom stereocenters. The first-order valence-corrected chi connectivity index (χ1v) is 6.29. The molecule has 0 radical (unpaired) electrons. The van der Waals surface area contributed by atoms with E-state index in [4.69, 9.17) is 4.74 Å². The molecule has 0 N–H and O–H groups in total. The van der Waals surface area contributed by atoms with Gasteiger partial charge in [0.05, 0.1) is 5.92 Å². The Balaban J connectivity index is 1.98. The van der Waals surface area contributed by atoms with Crippen molar-refractivity contribution in [2.75, 3.05) is 0 Å². The lowest BCUT2D eigenvalue weighted by Gasteiger charge is -2.28. The van der Waals surface area contributed by atoms with Crippen LogP contribution in [0.15, 0.2) is 0 Å². The Morgan fingerprint density at radius 3 is 2.40 bits per heavy atom. The molecular weight excluding hydrogens is 208 g/mol. The van der Waals surface area contributed by atoms with Gasteiger partial charge in [0.25, 0.3) is 0 Å². The Hall–Kier alpha value is -0.180. The van der Waals surface area contributed by atoms with Crippen molar-refractivity contribution in [3.05, 3.63) is 0 Å². The van der Waals surface area contributed by atoms with E-state index in [1.807, 2.05) is 20.8 Å². The van der Waals surface area contributed by atoms with Gasteiger partial charge in [0.2, 0.25) is 0 Å². The fraction of sp³-hybridized carbons (Fsp3) is 0.917. The standard InChI is InChI=1S/C12H20O2S/c1-12(2,3)14-11(13)9-5-7-4-8(9)10(15)6-7/h7-10,15H,4-6H2,1-3H3. The van der Waals surface area contributed by atoms with Crippen LogP contribution in [0.5, 0.6) is 0 Å². The van der Waals surface area contributed by atoms with Crippen LogP contribution in [0.2, 0.25) is 0 Å². The van der Waals surface area contributed by atoms with Crippen LogP contribution >= 0.6 is 12.6 Å². The van der Waals surface area contributed by atoms with Gasteiger partial charge in [-0.3, -0.25) is 4.79 Å². The molecule has 3 heteroatoms. The van der Waals surface area contributed by atoms with Crippen molar-refractivity contribution in [3.8, 4) is 0 Å². The molecule has 0 aliphatic heterocycles. The Labute approximate surface area is 97.2 Å². The van der Waals surface area contributed by atoms with Crippen molar-refractivity contribution in [3.63, 3.8) is 0 Å². The van der Waals surface area contributed by atoms with Crippen LogP contribution < -0.4 is 0 Å². The van der Waals surface area contributed by atoms with E-state index in [1.54, 1.807) is 0 Å². The van der Waals surface area contributed by atoms with Gasteiger partial charge in [0.1, 0.15) is 5.60 Å². The van der Waals surface area contributed by atoms with Crippen molar-refractivity contribution in [2.45, 2.75) is 50.9 Å². The molecule has 4 atom stereocenters. The van der Waals surface area contributed by atoms with Crippen LogP contribution in [0.4, 0.5) is 0 Å². The normalized spacial score (nSPS) is 39.5. The number of fused-ring (bicyclic) bond motifs is 2. The van der Waals surface area contributed by atoms with Gasteiger partial charge in [-0.25, -0.2) is 0 Å². The van der Waals surface area contributed by atoms with Gasteiger partial charge in [0, 0.05) is 5.25 Å². The monoisotopic (exact) mass is 228 g/mol. The Morgan fingerprint density at radius 1 is 1.27 bits per heavy atom. The number of carbonyl (C=O) groups is 1. The molecule has 2 aliphatic rings. The van der Waals surface area contributed by atoms with Crippen LogP contribution in [0.25, 0.3) is 0 Å². The summed E-state index contributed by atoms with van der Waals surface area (Å²) in [5.74, 6) is 1.29. The summed E-state index contributed by atoms with van der Waals surface area (Å²) < 4.78 is 5.45. The van der Waals surface area contributed by atoms with E-state index in [9.17, 15) is 4.79 Å². The third-order valence-electron chi connectivity index (χ3n) is 3.49. The number of thiol groups is 1. The summed E-state index contributed by atoms with van der Waals surface area (Å²) in [6.07, 6.45) is 3.39. The lowest BCUT2D eigenvalue weighted by atomic mass is 9.88. The molecule has 0 spiro atoms. The second kappa shape index (κ2) is 3.69. The predicted molar refractivity (Wildman–Crippen MR) is 62.9 cm³/mol. The van der Waals surface area contributed by atoms with Crippen LogP contribution in [-0.2, 0) is 9.53 Å². The molecule has 0 saturated heterocycles. The summed E-state index contributed by atoms with van der Waals surface area (Å²) in [6, 6.07) is 0. The van der Waals surface area contributed by atoms with E-state index in [0.29, 0.717) is 11.2 Å². The second-order valence-electron chi connectivity index (χ2n) is 5.94. The van der Waals surface area contributed by atoms with Gasteiger partial charge in [-0.15, -0.1) is 0 Å². The summed E-state index contributed by atoms with van der Waals surface area (Å²) in [5.41, 5.74) is -0.356. The number of carbonyl (C=O) groups excluding carboxylic acids is 1. The fourth-order valence-electron chi connectivity index (χ4n) is 2.96. The van der Waals surface area contributed by atoms with Gasteiger partial charge in [-0.2, -0.15) is 12.6 Å². The molecule has 86 valence electrons. The van der Waals surface area contributed by atoms with E-state index < -0.39 is 0 Å². The first-order valence-electron chi connectivity index (χ1n) is 5.78. The van der Waals surface area contributed by atoms with E-state index in [-0.39, 0.29) is 17.5 Å². The second-order valence-corrected chi connectivity index (χ2v) is 6.61. The molecule has 15 heavy (non-hydrogen) atoms. The number of ether oxygens (including phenoxy) is 1. The molecule has 0 heterocycles. The van der Waals surface area contributed by atoms with Crippen LogP contribution in [-0.4, -0.2) is 16.8 Å². The zero-order chi connectivity index (χ0) is 11.2. The van der Waals surface area contributed by atoms with E-state index in [1.165, 1.54) is 12.8 Å². The molecule has 0 aromatic rings. The minimum Gasteiger partial charge on any atom is -0.460 e. The van der Waals surface area contributed by atoms with Crippen LogP contribution in [0.3, 0.4) is 0 Å². The van der Waals surface area contributed by atoms with Crippen molar-refractivity contribution >= 4 is 18.6 Å². The summed E-state index contributed by atoms with van der Waals surface area (Å²) in [4.78, 5) is 11.9. The van der Waals surface area contributed by atoms with Crippen molar-refractivity contribution < 1.29 is 9.53 Å². The van der Waals surface area contributed by atoms with Gasteiger partial charge < -0.3 is 4.74 Å². The van der Waals surface area contributed by atoms with Crippen molar-refractivity contribution in [1.82, 2.24) is 0 Å². The maximum Gasteiger partial charge on any atom is 0.309 e. The number of rotatable bonds is 1. The highest BCUT2D eigenvalue weighted by molar-refractivity contribution is 7.81. The third-order valence-corrected chi connectivity index (χ3v) is 4.08. The minimum absolute atomic E-state index is 0.00579. The predicted octanol–water partition coefficient (Wildman–Crippen LogP) is 2.67. The lowest BCUT2D eigenvalue weighted by Crippen LogP contribution is -2.34. The Bertz CT molecular complexity index is 269. The molecule has 2 aliphatic carbocycles. The van der Waals surface area contributed by atoms with Gasteiger partial charge in [-0.1, -0.05) is 0 Å². The first-order chi connectivity index (χ1) is 6.87. The maximum absolute atomic E-state index is 11.9. The molecular formula is C12H20O2S. The molecule has 2 bridgehead atoms. The lowest BCUT2D eigenvalue weighted by molar-refractivity contribution is -0.161. The highest BCUT2D eigenvalue weighted by Gasteiger charge is 2.48. The largest absolute Gasteiger partial charge is 0.460 e. The van der Waals surface area contributed by atoms with E-state index in [0.717, 1.165) is 12.3 Å². The summed E-state index contributed by atoms with van der Waals surface area (Å²) in [5, 5.41) is 0.418. The molecule has 0 aromatic carbocycles. The quantitative estimate of drug-likeness (QED) is 0.551. The summed E-state index contributed by atoms with van der Waals surface area (Å²) >= 11 is 4.56. The Kier molecular flexibility index (Phi) is 2.78. The molecule has 0 aromatic heterocycles. The smallest absolute Gasteiger partial charge is 0.309 e. The zero-order valence-corrected chi connectivity index (χ0v) is 10.6. The number of esters is 1. The van der Waals surface area contributed by atoms with E-state index >= 15 is 0 Å². The van der Waals surface area contributed by atoms with Crippen LogP contribution in [0, 0.1) is 17.8 Å². The average molecular weight is 228 g/mol. The van der Waals surface area contributed by atoms with E-state index in [2.05, 4.69) is 12.6 Å². The van der Waals surface area contributed by atoms with Gasteiger partial charge in [0.15, 0.2) is 0 Å². The SMILES string of the molecule is CC(C)(C)OC(=O)C1CC2CC(S)C1C2. The minimum atomic E-state index is -0.356. The number of hydrogen-bond acceptors (Lipinski definition) is 3. The molecule has 2 fully saturated rings. The highest BCUT2D eigenvalue weighted by Crippen LogP contribution is 2.51. The Morgan fingerprint density at radius 2 is 1.93 bits per heavy atom. The highest BCUT2D eigenvalue weighted by atomic mass is 32.1. The summed E-state index contributed by atoms with van der Waals surface area (Å²) in [7, 11) is 0. The molecule has 2 rings (SSSR count). The topological polar surface area (TPSA) is 26.3 Å². The zero-order valence-electron chi connectivity index (χ0n) is 9.69. The average Bonchev–Trinajstić information content (AvgIpc) is 2.58. The molecule has 2 saturated carbocycles. The first kappa shape index (κ1) is 11.3. The van der Waals surface area contributed by atoms with Gasteiger partial charge in [-0.05, 0) is 51.9 Å². The molecule has 0 amide bonds. The van der Waals surface area contributed by atoms with Crippen LogP contribution in [0.1, 0.15) is 40.0 Å². The molecule has 2 nitrogen and oxygen atoms in total. The van der Waals surface area contributed by atoms with Gasteiger partial charge >= 0.3 is 5.97 Å². The number of hydrogen-bond donors (Lipinski definition) is 1.